The quantitative estimate of drug-likeness (QED) is 0.627. The van der Waals surface area contributed by atoms with Gasteiger partial charge in [-0.05, 0) is 27.2 Å². The molecule has 1 N–H and O–H groups in total. The van der Waals surface area contributed by atoms with Crippen molar-refractivity contribution in [2.45, 2.75) is 58.4 Å². The van der Waals surface area contributed by atoms with Gasteiger partial charge in [-0.3, -0.25) is 4.79 Å². The topological polar surface area (TPSA) is 55.4 Å². The summed E-state index contributed by atoms with van der Waals surface area (Å²) in [5.41, 5.74) is -0.684. The van der Waals surface area contributed by atoms with Crippen molar-refractivity contribution in [1.82, 2.24) is 5.32 Å². The first-order valence-corrected chi connectivity index (χ1v) is 6.24. The number of alkyl halides is 3. The van der Waals surface area contributed by atoms with Crippen molar-refractivity contribution in [3.63, 3.8) is 0 Å². The minimum absolute atomic E-state index is 0.293. The summed E-state index contributed by atoms with van der Waals surface area (Å²) in [5, 5.41) is 1.82. The Bertz CT molecular complexity index is 370. The highest BCUT2D eigenvalue weighted by Crippen LogP contribution is 2.15. The average Bonchev–Trinajstić information content (AvgIpc) is 2.22. The van der Waals surface area contributed by atoms with Crippen molar-refractivity contribution in [2.75, 3.05) is 0 Å². The lowest BCUT2D eigenvalue weighted by molar-refractivity contribution is -0.174. The Morgan fingerprint density at radius 1 is 1.25 bits per heavy atom. The van der Waals surface area contributed by atoms with Crippen LogP contribution in [0.4, 0.5) is 13.2 Å². The molecule has 0 unspecified atom stereocenters. The molecule has 0 aromatic rings. The summed E-state index contributed by atoms with van der Waals surface area (Å²) in [6.07, 6.45) is -1.85. The Kier molecular flexibility index (Phi) is 6.75. The summed E-state index contributed by atoms with van der Waals surface area (Å²) in [6, 6.07) is -0.860. The van der Waals surface area contributed by atoms with Gasteiger partial charge in [-0.2, -0.15) is 13.2 Å². The van der Waals surface area contributed by atoms with E-state index in [1.807, 2.05) is 5.32 Å². The molecule has 0 aliphatic heterocycles. The third-order valence-corrected chi connectivity index (χ3v) is 2.05. The van der Waals surface area contributed by atoms with Crippen molar-refractivity contribution in [3.05, 3.63) is 12.2 Å². The molecule has 1 atom stereocenters. The predicted molar refractivity (Wildman–Crippen MR) is 67.9 cm³/mol. The van der Waals surface area contributed by atoms with E-state index in [1.54, 1.807) is 27.7 Å². The smallest absolute Gasteiger partial charge is 0.457 e. The van der Waals surface area contributed by atoms with Gasteiger partial charge in [0.1, 0.15) is 5.60 Å². The van der Waals surface area contributed by atoms with Gasteiger partial charge in [-0.25, -0.2) is 4.79 Å². The molecule has 1 amide bonds. The third kappa shape index (κ3) is 8.55. The maximum Gasteiger partial charge on any atom is 0.471 e. The van der Waals surface area contributed by atoms with Crippen LogP contribution >= 0.6 is 0 Å². The average molecular weight is 295 g/mol. The van der Waals surface area contributed by atoms with Crippen LogP contribution in [-0.2, 0) is 14.3 Å². The summed E-state index contributed by atoms with van der Waals surface area (Å²) in [7, 11) is 0. The Labute approximate surface area is 116 Å². The number of hydrogen-bond acceptors (Lipinski definition) is 3. The van der Waals surface area contributed by atoms with Crippen LogP contribution in [0.1, 0.15) is 40.5 Å². The first-order valence-electron chi connectivity index (χ1n) is 6.24. The Morgan fingerprint density at radius 3 is 2.20 bits per heavy atom. The first-order chi connectivity index (χ1) is 8.95. The number of ether oxygens (including phenoxy) is 1. The largest absolute Gasteiger partial charge is 0.471 e. The zero-order valence-corrected chi connectivity index (χ0v) is 12.0. The number of amides is 1. The van der Waals surface area contributed by atoms with E-state index in [1.165, 1.54) is 6.08 Å². The summed E-state index contributed by atoms with van der Waals surface area (Å²) in [4.78, 5) is 22.2. The molecule has 0 fully saturated rings. The van der Waals surface area contributed by atoms with E-state index in [2.05, 4.69) is 0 Å². The van der Waals surface area contributed by atoms with Gasteiger partial charge < -0.3 is 10.1 Å². The molecule has 0 saturated heterocycles. The van der Waals surface area contributed by atoms with Crippen LogP contribution in [0.15, 0.2) is 12.2 Å². The molecule has 116 valence electrons. The molecule has 20 heavy (non-hydrogen) atoms. The van der Waals surface area contributed by atoms with Crippen LogP contribution in [0.2, 0.25) is 0 Å². The van der Waals surface area contributed by atoms with E-state index in [-0.39, 0.29) is 0 Å². The Morgan fingerprint density at radius 2 is 1.80 bits per heavy atom. The van der Waals surface area contributed by atoms with Gasteiger partial charge in [0.25, 0.3) is 0 Å². The molecule has 7 heteroatoms. The Balaban J connectivity index is 4.62. The lowest BCUT2D eigenvalue weighted by Gasteiger charge is -2.19. The Hall–Kier alpha value is -1.53. The monoisotopic (exact) mass is 295 g/mol. The summed E-state index contributed by atoms with van der Waals surface area (Å²) < 4.78 is 41.4. The van der Waals surface area contributed by atoms with Crippen LogP contribution in [0.5, 0.6) is 0 Å². The number of esters is 1. The van der Waals surface area contributed by atoms with Gasteiger partial charge in [0.15, 0.2) is 0 Å². The van der Waals surface area contributed by atoms with Gasteiger partial charge in [0, 0.05) is 12.1 Å². The number of rotatable bonds is 5. The van der Waals surface area contributed by atoms with Gasteiger partial charge >= 0.3 is 18.1 Å². The molecule has 0 aromatic carbocycles. The highest BCUT2D eigenvalue weighted by Gasteiger charge is 2.39. The van der Waals surface area contributed by atoms with Crippen LogP contribution in [0.3, 0.4) is 0 Å². The van der Waals surface area contributed by atoms with E-state index in [0.29, 0.717) is 12.8 Å². The maximum absolute atomic E-state index is 12.1. The maximum atomic E-state index is 12.1. The lowest BCUT2D eigenvalue weighted by Crippen LogP contribution is -2.42. The molecule has 0 spiro atoms. The van der Waals surface area contributed by atoms with Gasteiger partial charge in [-0.1, -0.05) is 19.4 Å². The molecular weight excluding hydrogens is 275 g/mol. The molecule has 4 nitrogen and oxygen atoms in total. The fraction of sp³-hybridized carbons (Fsp3) is 0.692. The third-order valence-electron chi connectivity index (χ3n) is 2.05. The minimum atomic E-state index is -4.94. The molecule has 0 saturated carbocycles. The fourth-order valence-corrected chi connectivity index (χ4v) is 1.31. The van der Waals surface area contributed by atoms with Crippen molar-refractivity contribution < 1.29 is 27.5 Å². The number of carbonyl (C=O) groups excluding carboxylic acids is 2. The minimum Gasteiger partial charge on any atom is -0.457 e. The molecule has 0 heterocycles. The highest BCUT2D eigenvalue weighted by molar-refractivity contribution is 5.84. The zero-order valence-electron chi connectivity index (χ0n) is 12.0. The van der Waals surface area contributed by atoms with Crippen LogP contribution in [0.25, 0.3) is 0 Å². The van der Waals surface area contributed by atoms with E-state index in [0.717, 1.165) is 6.08 Å². The van der Waals surface area contributed by atoms with E-state index in [9.17, 15) is 22.8 Å². The molecule has 0 bridgehead atoms. The number of halogens is 3. The van der Waals surface area contributed by atoms with Crippen LogP contribution in [-0.4, -0.2) is 29.7 Å². The normalized spacial score (nSPS) is 14.2. The predicted octanol–water partition coefficient (Wildman–Crippen LogP) is 2.73. The summed E-state index contributed by atoms with van der Waals surface area (Å²) in [5.74, 6) is -2.69. The highest BCUT2D eigenvalue weighted by atomic mass is 19.4. The summed E-state index contributed by atoms with van der Waals surface area (Å²) in [6.45, 7) is 6.78. The van der Waals surface area contributed by atoms with Crippen molar-refractivity contribution >= 4 is 11.9 Å². The van der Waals surface area contributed by atoms with Crippen LogP contribution < -0.4 is 5.32 Å². The molecule has 0 radical (unpaired) electrons. The molecule has 0 aromatic heterocycles. The number of hydrogen-bond donors (Lipinski definition) is 1. The number of carbonyl (C=O) groups is 2. The molecular formula is C13H20F3NO3. The van der Waals surface area contributed by atoms with Crippen LogP contribution in [0, 0.1) is 0 Å². The second-order valence-corrected chi connectivity index (χ2v) is 5.26. The lowest BCUT2D eigenvalue weighted by atomic mass is 10.1. The number of nitrogens with one attached hydrogen (secondary N) is 1. The second kappa shape index (κ2) is 7.31. The van der Waals surface area contributed by atoms with Crippen molar-refractivity contribution in [3.8, 4) is 0 Å². The SMILES string of the molecule is CCC[C@H](/C=C/C(=O)OC(C)(C)C)NC(=O)C(F)(F)F. The fourth-order valence-electron chi connectivity index (χ4n) is 1.31. The molecule has 0 aliphatic carbocycles. The second-order valence-electron chi connectivity index (χ2n) is 5.26. The first kappa shape index (κ1) is 18.5. The van der Waals surface area contributed by atoms with E-state index >= 15 is 0 Å². The van der Waals surface area contributed by atoms with Gasteiger partial charge in [0.05, 0.1) is 0 Å². The standard InChI is InChI=1S/C13H20F3NO3/c1-5-6-9(17-11(19)13(14,15)16)7-8-10(18)20-12(2,3)4/h7-9H,5-6H2,1-4H3,(H,17,19)/b8-7+/t9-/m1/s1. The van der Waals surface area contributed by atoms with Gasteiger partial charge in [0.2, 0.25) is 0 Å². The molecule has 0 aliphatic rings. The van der Waals surface area contributed by atoms with E-state index < -0.39 is 29.7 Å². The van der Waals surface area contributed by atoms with Gasteiger partial charge in [-0.15, -0.1) is 0 Å². The van der Waals surface area contributed by atoms with Crippen molar-refractivity contribution in [1.29, 1.82) is 0 Å². The van der Waals surface area contributed by atoms with Crippen molar-refractivity contribution in [2.24, 2.45) is 0 Å². The summed E-state index contributed by atoms with van der Waals surface area (Å²) >= 11 is 0. The molecule has 0 rings (SSSR count). The van der Waals surface area contributed by atoms with E-state index in [4.69, 9.17) is 4.74 Å². The zero-order chi connectivity index (χ0) is 16.0.